The Balaban J connectivity index is 1.79. The number of rotatable bonds is 8. The highest BCUT2D eigenvalue weighted by molar-refractivity contribution is 7.89. The minimum absolute atomic E-state index is 0.0650. The highest BCUT2D eigenvalue weighted by Crippen LogP contribution is 2.31. The fraction of sp³-hybridized carbons (Fsp3) is 0.435. The molecule has 1 N–H and O–H groups in total. The number of methoxy groups -OCH3 is 1. The molecule has 31 heavy (non-hydrogen) atoms. The topological polar surface area (TPSA) is 75.7 Å². The summed E-state index contributed by atoms with van der Waals surface area (Å²) in [5, 5.41) is 3.07. The van der Waals surface area contributed by atoms with Crippen LogP contribution in [0.3, 0.4) is 0 Å². The van der Waals surface area contributed by atoms with Crippen molar-refractivity contribution in [1.82, 2.24) is 9.62 Å². The van der Waals surface area contributed by atoms with Crippen molar-refractivity contribution in [3.05, 3.63) is 58.6 Å². The van der Waals surface area contributed by atoms with Gasteiger partial charge in [-0.2, -0.15) is 4.31 Å². The quantitative estimate of drug-likeness (QED) is 0.632. The molecule has 0 atom stereocenters. The Morgan fingerprint density at radius 3 is 2.42 bits per heavy atom. The van der Waals surface area contributed by atoms with Gasteiger partial charge in [0.05, 0.1) is 23.6 Å². The number of sulfonamides is 1. The number of benzene rings is 2. The van der Waals surface area contributed by atoms with E-state index in [9.17, 15) is 13.2 Å². The number of nitrogens with one attached hydrogen (secondary N) is 1. The molecule has 1 aliphatic rings. The maximum Gasteiger partial charge on any atom is 0.243 e. The molecule has 1 amide bonds. The highest BCUT2D eigenvalue weighted by atomic mass is 35.5. The summed E-state index contributed by atoms with van der Waals surface area (Å²) in [6.45, 7) is 2.13. The second-order valence-corrected chi connectivity index (χ2v) is 10.2. The zero-order valence-electron chi connectivity index (χ0n) is 17.9. The third-order valence-corrected chi connectivity index (χ3v) is 7.81. The second-order valence-electron chi connectivity index (χ2n) is 7.90. The van der Waals surface area contributed by atoms with Crippen molar-refractivity contribution in [2.75, 3.05) is 13.7 Å². The number of ether oxygens (including phenoxy) is 1. The zero-order chi connectivity index (χ0) is 22.4. The summed E-state index contributed by atoms with van der Waals surface area (Å²) in [6, 6.07) is 12.0. The normalized spacial score (nSPS) is 15.1. The molecular formula is C23H29ClN2O4S. The van der Waals surface area contributed by atoms with E-state index in [0.29, 0.717) is 12.3 Å². The van der Waals surface area contributed by atoms with Crippen LogP contribution in [0, 0.1) is 6.92 Å². The number of aryl methyl sites for hydroxylation is 1. The van der Waals surface area contributed by atoms with Gasteiger partial charge in [0.2, 0.25) is 15.9 Å². The number of hydrogen-bond acceptors (Lipinski definition) is 4. The van der Waals surface area contributed by atoms with Crippen molar-refractivity contribution in [2.24, 2.45) is 0 Å². The van der Waals surface area contributed by atoms with Crippen LogP contribution < -0.4 is 10.1 Å². The van der Waals surface area contributed by atoms with Crippen molar-refractivity contribution < 1.29 is 17.9 Å². The van der Waals surface area contributed by atoms with Crippen LogP contribution in [0.1, 0.15) is 43.2 Å². The van der Waals surface area contributed by atoms with Gasteiger partial charge in [0.15, 0.2) is 0 Å². The molecule has 0 spiro atoms. The molecule has 0 bridgehead atoms. The van der Waals surface area contributed by atoms with Gasteiger partial charge >= 0.3 is 0 Å². The molecule has 0 saturated heterocycles. The third kappa shape index (κ3) is 5.99. The molecule has 168 valence electrons. The van der Waals surface area contributed by atoms with Crippen LogP contribution in [0.25, 0.3) is 0 Å². The lowest BCUT2D eigenvalue weighted by Gasteiger charge is -2.33. The van der Waals surface area contributed by atoms with Gasteiger partial charge in [-0.25, -0.2) is 8.42 Å². The van der Waals surface area contributed by atoms with E-state index in [1.54, 1.807) is 0 Å². The molecule has 0 radical (unpaired) electrons. The largest absolute Gasteiger partial charge is 0.495 e. The standard InChI is InChI=1S/C23H29ClN2O4S/c1-17-8-10-18(11-9-17)15-25-23(27)16-26(19-6-4-3-5-7-19)31(28,29)20-12-13-22(30-2)21(24)14-20/h8-14,19H,3-7,15-16H2,1-2H3,(H,25,27). The molecule has 2 aromatic carbocycles. The Morgan fingerprint density at radius 1 is 1.13 bits per heavy atom. The van der Waals surface area contributed by atoms with Crippen molar-refractivity contribution in [1.29, 1.82) is 0 Å². The average Bonchev–Trinajstić information content (AvgIpc) is 2.77. The Bertz CT molecular complexity index is 1000. The van der Waals surface area contributed by atoms with Gasteiger partial charge < -0.3 is 10.1 Å². The van der Waals surface area contributed by atoms with E-state index in [4.69, 9.17) is 16.3 Å². The lowest BCUT2D eigenvalue weighted by molar-refractivity contribution is -0.121. The van der Waals surface area contributed by atoms with Crippen LogP contribution in [0.15, 0.2) is 47.4 Å². The molecule has 1 saturated carbocycles. The lowest BCUT2D eigenvalue weighted by atomic mass is 9.95. The van der Waals surface area contributed by atoms with Crippen molar-refractivity contribution >= 4 is 27.5 Å². The molecule has 1 fully saturated rings. The lowest BCUT2D eigenvalue weighted by Crippen LogP contribution is -2.46. The summed E-state index contributed by atoms with van der Waals surface area (Å²) in [5.74, 6) is 0.0787. The van der Waals surface area contributed by atoms with Gasteiger partial charge in [-0.15, -0.1) is 0 Å². The van der Waals surface area contributed by atoms with Crippen LogP contribution in [0.4, 0.5) is 0 Å². The summed E-state index contributed by atoms with van der Waals surface area (Å²) < 4.78 is 33.4. The van der Waals surface area contributed by atoms with E-state index in [1.165, 1.54) is 29.6 Å². The second kappa shape index (κ2) is 10.5. The molecular weight excluding hydrogens is 436 g/mol. The molecule has 1 aliphatic carbocycles. The van der Waals surface area contributed by atoms with E-state index in [0.717, 1.165) is 43.2 Å². The highest BCUT2D eigenvalue weighted by Gasteiger charge is 2.34. The van der Waals surface area contributed by atoms with E-state index in [1.807, 2.05) is 31.2 Å². The maximum absolute atomic E-state index is 13.5. The molecule has 0 aliphatic heterocycles. The summed E-state index contributed by atoms with van der Waals surface area (Å²) in [4.78, 5) is 12.8. The Hall–Kier alpha value is -2.09. The van der Waals surface area contributed by atoms with Crippen molar-refractivity contribution in [3.8, 4) is 5.75 Å². The smallest absolute Gasteiger partial charge is 0.243 e. The molecule has 8 heteroatoms. The van der Waals surface area contributed by atoms with Crippen LogP contribution in [0.2, 0.25) is 5.02 Å². The van der Waals surface area contributed by atoms with Gasteiger partial charge in [0.25, 0.3) is 0 Å². The summed E-state index contributed by atoms with van der Waals surface area (Å²) >= 11 is 6.17. The van der Waals surface area contributed by atoms with Gasteiger partial charge in [-0.3, -0.25) is 4.79 Å². The first kappa shape index (κ1) is 23.6. The Labute approximate surface area is 189 Å². The van der Waals surface area contributed by atoms with Gasteiger partial charge in [-0.1, -0.05) is 60.7 Å². The summed E-state index contributed by atoms with van der Waals surface area (Å²) in [7, 11) is -2.42. The van der Waals surface area contributed by atoms with Gasteiger partial charge in [-0.05, 0) is 43.5 Å². The SMILES string of the molecule is COc1ccc(S(=O)(=O)N(CC(=O)NCc2ccc(C)cc2)C2CCCCC2)cc1Cl. The van der Waals surface area contributed by atoms with E-state index < -0.39 is 10.0 Å². The fourth-order valence-corrected chi connectivity index (χ4v) is 5.82. The molecule has 0 aromatic heterocycles. The number of hydrogen-bond donors (Lipinski definition) is 1. The molecule has 6 nitrogen and oxygen atoms in total. The van der Waals surface area contributed by atoms with E-state index >= 15 is 0 Å². The Morgan fingerprint density at radius 2 is 1.81 bits per heavy atom. The number of nitrogens with zero attached hydrogens (tertiary/aromatic N) is 1. The molecule has 2 aromatic rings. The first-order valence-corrected chi connectivity index (χ1v) is 12.3. The minimum atomic E-state index is -3.90. The van der Waals surface area contributed by atoms with Gasteiger partial charge in [0, 0.05) is 12.6 Å². The zero-order valence-corrected chi connectivity index (χ0v) is 19.5. The van der Waals surface area contributed by atoms with Crippen molar-refractivity contribution in [3.63, 3.8) is 0 Å². The average molecular weight is 465 g/mol. The monoisotopic (exact) mass is 464 g/mol. The summed E-state index contributed by atoms with van der Waals surface area (Å²) in [6.07, 6.45) is 4.47. The number of halogens is 1. The first-order valence-electron chi connectivity index (χ1n) is 10.5. The molecule has 0 unspecified atom stereocenters. The van der Waals surface area contributed by atoms with Gasteiger partial charge in [0.1, 0.15) is 5.75 Å². The Kier molecular flexibility index (Phi) is 7.97. The molecule has 3 rings (SSSR count). The predicted octanol–water partition coefficient (Wildman–Crippen LogP) is 4.30. The predicted molar refractivity (Wildman–Crippen MR) is 122 cm³/mol. The van der Waals surface area contributed by atoms with Crippen LogP contribution in [0.5, 0.6) is 5.75 Å². The molecule has 0 heterocycles. The number of amides is 1. The number of carbonyl (C=O) groups excluding carboxylic acids is 1. The van der Waals surface area contributed by atoms with E-state index in [2.05, 4.69) is 5.32 Å². The van der Waals surface area contributed by atoms with Crippen LogP contribution in [-0.2, 0) is 21.4 Å². The van der Waals surface area contributed by atoms with E-state index in [-0.39, 0.29) is 28.4 Å². The number of carbonyl (C=O) groups is 1. The van der Waals surface area contributed by atoms with Crippen LogP contribution in [-0.4, -0.2) is 38.3 Å². The summed E-state index contributed by atoms with van der Waals surface area (Å²) in [5.41, 5.74) is 2.11. The van der Waals surface area contributed by atoms with Crippen LogP contribution >= 0.6 is 11.6 Å². The third-order valence-electron chi connectivity index (χ3n) is 5.62. The fourth-order valence-electron chi connectivity index (χ4n) is 3.83. The van der Waals surface area contributed by atoms with Crippen molar-refractivity contribution in [2.45, 2.75) is 56.5 Å². The minimum Gasteiger partial charge on any atom is -0.495 e. The first-order chi connectivity index (χ1) is 14.8. The maximum atomic E-state index is 13.5.